The number of carbonyl (C=O) groups is 8. The van der Waals surface area contributed by atoms with Crippen molar-refractivity contribution in [1.29, 1.82) is 0 Å². The Bertz CT molecular complexity index is 3460. The molecule has 0 aromatic heterocycles. The predicted molar refractivity (Wildman–Crippen MR) is 434 cm³/mol. The summed E-state index contributed by atoms with van der Waals surface area (Å²) in [6.45, 7) is 12.1. The van der Waals surface area contributed by atoms with Gasteiger partial charge in [0.25, 0.3) is 0 Å². The van der Waals surface area contributed by atoms with Crippen LogP contribution in [0.4, 0.5) is 13.2 Å². The van der Waals surface area contributed by atoms with E-state index in [1.54, 1.807) is 36.4 Å². The van der Waals surface area contributed by atoms with Crippen molar-refractivity contribution in [2.75, 3.05) is 28.7 Å². The molecule has 0 aliphatic heterocycles. The van der Waals surface area contributed by atoms with E-state index in [1.807, 2.05) is 148 Å². The minimum atomic E-state index is -0.418. The second kappa shape index (κ2) is 57.1. The molecule has 0 N–H and O–H groups in total. The second-order valence-electron chi connectivity index (χ2n) is 23.6. The molecule has 8 aromatic carbocycles. The zero-order chi connectivity index (χ0) is 76.1. The number of alkyl halides is 6. The normalized spacial score (nSPS) is 10.4. The second-order valence-corrected chi connectivity index (χ2v) is 28.3. The lowest BCUT2D eigenvalue weighted by atomic mass is 9.86. The Morgan fingerprint density at radius 1 is 0.392 bits per heavy atom. The molecule has 0 saturated carbocycles. The van der Waals surface area contributed by atoms with Gasteiger partial charge in [-0.05, 0) is 152 Å². The molecule has 8 rings (SSSR count). The summed E-state index contributed by atoms with van der Waals surface area (Å²) in [6, 6.07) is 61.3. The van der Waals surface area contributed by atoms with Crippen LogP contribution in [0.15, 0.2) is 217 Å². The molecule has 18 heteroatoms. The molecule has 0 fully saturated rings. The van der Waals surface area contributed by atoms with Gasteiger partial charge in [-0.1, -0.05) is 235 Å². The average molecular weight is 1720 g/mol. The SMILES string of the molecule is CC(C)(C)c1ccc(C(=O)CCCCl)cc1.CCC(Br)C(=O)c1ccccc1.CCCC(=O)c1ccc(Br)cc1.CCCC(=O)c1ccc(Cl)cc1.O=C(CCCCl)c1ccc(F)cc1.O=C(CCCCl)c1ccccc1.O=C(CCCF)c1ccccc1.O=C(CCCI)c1ccc(F)cc1. The van der Waals surface area contributed by atoms with Crippen molar-refractivity contribution in [3.63, 3.8) is 0 Å². The van der Waals surface area contributed by atoms with Gasteiger partial charge in [0.2, 0.25) is 0 Å². The fourth-order valence-corrected chi connectivity index (χ4v) is 9.95. The first-order chi connectivity index (χ1) is 48.8. The number of benzene rings is 8. The minimum Gasteiger partial charge on any atom is -0.294 e. The van der Waals surface area contributed by atoms with E-state index < -0.39 is 6.67 Å². The number of hydrogen-bond acceptors (Lipinski definition) is 8. The van der Waals surface area contributed by atoms with Crippen LogP contribution in [0.1, 0.15) is 226 Å². The molecule has 0 radical (unpaired) electrons. The Hall–Kier alpha value is -6.24. The lowest BCUT2D eigenvalue weighted by molar-refractivity contribution is 0.0970. The van der Waals surface area contributed by atoms with Crippen molar-refractivity contribution in [2.24, 2.45) is 0 Å². The van der Waals surface area contributed by atoms with E-state index in [1.165, 1.54) is 54.1 Å². The van der Waals surface area contributed by atoms with Gasteiger partial charge in [0.1, 0.15) is 11.6 Å². The molecule has 102 heavy (non-hydrogen) atoms. The van der Waals surface area contributed by atoms with E-state index in [4.69, 9.17) is 46.4 Å². The van der Waals surface area contributed by atoms with Gasteiger partial charge >= 0.3 is 0 Å². The van der Waals surface area contributed by atoms with Crippen molar-refractivity contribution in [1.82, 2.24) is 0 Å². The first-order valence-corrected chi connectivity index (χ1v) is 39.0. The topological polar surface area (TPSA) is 137 Å². The number of Topliss-reactive ketones (excluding diaryl/α,β-unsaturated/α-hetero) is 8. The highest BCUT2D eigenvalue weighted by Crippen LogP contribution is 2.23. The molecule has 0 bridgehead atoms. The smallest absolute Gasteiger partial charge is 0.176 e. The maximum absolute atomic E-state index is 12.5. The van der Waals surface area contributed by atoms with Crippen LogP contribution in [0, 0.1) is 11.6 Å². The molecular formula is C84H94Br2Cl4F3IO8. The highest BCUT2D eigenvalue weighted by atomic mass is 127. The molecule has 8 aromatic rings. The average Bonchev–Trinajstić information content (AvgIpc) is 0.853. The standard InChI is InChI=1S/C14H19ClO.2C10H11BrO.C10H10ClFO.2C10H11ClO.C10H10FIO.C10H11FO/c1-14(2,3)12-8-6-11(7-9-12)13(16)5-4-10-15;1-2-9(11)10(12)8-6-4-3-5-7-8;1-2-3-10(12)8-4-6-9(11)7-5-8;11-7-1-2-10(13)8-3-5-9(12)6-4-8;1-2-3-10(12)8-4-6-9(11)7-5-8;11-8-4-7-10(12)9-5-2-1-3-6-9;11-9-5-3-8(4-6-9)10(13)2-1-7-12;11-8-4-7-10(12)9-5-2-1-3-6-9/h6-9H,4-5,10H2,1-3H3;3-7,9H,2H2,1H3;4-7H,2-3H2,1H3;3-6H,1-2,7H2;4-7H,2-3H2,1H3;1-3,5-6H,4,7-8H2;3-6H,1-2,7H2;1-3,5-6H,4,7-8H2. The third-order valence-electron chi connectivity index (χ3n) is 14.3. The largest absolute Gasteiger partial charge is 0.294 e. The molecule has 1 unspecified atom stereocenters. The zero-order valence-corrected chi connectivity index (χ0v) is 67.3. The van der Waals surface area contributed by atoms with Gasteiger partial charge in [0.05, 0.1) is 11.5 Å². The van der Waals surface area contributed by atoms with E-state index in [9.17, 15) is 51.5 Å². The van der Waals surface area contributed by atoms with Gasteiger partial charge in [0.15, 0.2) is 46.3 Å². The number of hydrogen-bond donors (Lipinski definition) is 0. The third kappa shape index (κ3) is 42.5. The molecule has 0 aliphatic carbocycles. The maximum Gasteiger partial charge on any atom is 0.176 e. The highest BCUT2D eigenvalue weighted by Gasteiger charge is 2.16. The fourth-order valence-electron chi connectivity index (χ4n) is 8.52. The Labute approximate surface area is 653 Å². The van der Waals surface area contributed by atoms with Crippen LogP contribution in [0.2, 0.25) is 5.02 Å². The van der Waals surface area contributed by atoms with Crippen LogP contribution >= 0.6 is 101 Å². The van der Waals surface area contributed by atoms with Crippen LogP contribution in [0.5, 0.6) is 0 Å². The van der Waals surface area contributed by atoms with Gasteiger partial charge in [-0.15, -0.1) is 34.8 Å². The third-order valence-corrected chi connectivity index (χ3v) is 17.7. The predicted octanol–water partition coefficient (Wildman–Crippen LogP) is 25.7. The number of rotatable bonds is 29. The molecular weight excluding hydrogens is 1620 g/mol. The first-order valence-electron chi connectivity index (χ1n) is 33.8. The van der Waals surface area contributed by atoms with Gasteiger partial charge < -0.3 is 0 Å². The van der Waals surface area contributed by atoms with Crippen LogP contribution in [0.3, 0.4) is 0 Å². The Kier molecular flexibility index (Phi) is 52.5. The van der Waals surface area contributed by atoms with Crippen LogP contribution in [0.25, 0.3) is 0 Å². The zero-order valence-electron chi connectivity index (χ0n) is 59.0. The summed E-state index contributed by atoms with van der Waals surface area (Å²) in [5.41, 5.74) is 7.12. The summed E-state index contributed by atoms with van der Waals surface area (Å²) in [4.78, 5) is 91.2. The summed E-state index contributed by atoms with van der Waals surface area (Å²) < 4.78 is 38.7. The van der Waals surface area contributed by atoms with Gasteiger partial charge in [-0.3, -0.25) is 42.7 Å². The quantitative estimate of drug-likeness (QED) is 0.0257. The Balaban J connectivity index is 0.000000584. The molecule has 0 amide bonds. The molecule has 548 valence electrons. The highest BCUT2D eigenvalue weighted by molar-refractivity contribution is 14.1. The molecule has 1 atom stereocenters. The number of carbonyl (C=O) groups excluding carboxylic acids is 8. The summed E-state index contributed by atoms with van der Waals surface area (Å²) in [6.07, 6.45) is 9.64. The summed E-state index contributed by atoms with van der Waals surface area (Å²) >= 11 is 31.1. The summed E-state index contributed by atoms with van der Waals surface area (Å²) in [5, 5.41) is 0.669. The Morgan fingerprint density at radius 3 is 0.961 bits per heavy atom. The van der Waals surface area contributed by atoms with Crippen LogP contribution in [-0.4, -0.2) is 79.8 Å². The van der Waals surface area contributed by atoms with E-state index >= 15 is 0 Å². The number of halogens is 10. The fraction of sp³-hybridized carbons (Fsp3) is 0.333. The lowest BCUT2D eigenvalue weighted by Crippen LogP contribution is -2.12. The van der Waals surface area contributed by atoms with Gasteiger partial charge in [0, 0.05) is 117 Å². The molecule has 0 saturated heterocycles. The Morgan fingerprint density at radius 2 is 0.667 bits per heavy atom. The van der Waals surface area contributed by atoms with Crippen molar-refractivity contribution in [3.05, 3.63) is 284 Å². The van der Waals surface area contributed by atoms with E-state index in [-0.39, 0.29) is 68.1 Å². The molecule has 0 spiro atoms. The van der Waals surface area contributed by atoms with Crippen LogP contribution in [-0.2, 0) is 5.41 Å². The first kappa shape index (κ1) is 93.8. The molecule has 8 nitrogen and oxygen atoms in total. The van der Waals surface area contributed by atoms with Crippen molar-refractivity contribution < 1.29 is 51.5 Å². The summed E-state index contributed by atoms with van der Waals surface area (Å²) in [7, 11) is 0. The summed E-state index contributed by atoms with van der Waals surface area (Å²) in [5.74, 6) is 2.02. The monoisotopic (exact) mass is 1710 g/mol. The van der Waals surface area contributed by atoms with Crippen LogP contribution < -0.4 is 0 Å². The minimum absolute atomic E-state index is 0.0145. The van der Waals surface area contributed by atoms with E-state index in [0.717, 1.165) is 75.2 Å². The van der Waals surface area contributed by atoms with Crippen molar-refractivity contribution in [2.45, 2.75) is 148 Å². The van der Waals surface area contributed by atoms with Gasteiger partial charge in [-0.25, -0.2) is 8.78 Å². The molecule has 0 heterocycles. The maximum atomic E-state index is 12.5. The van der Waals surface area contributed by atoms with Gasteiger partial charge in [-0.2, -0.15) is 0 Å². The lowest BCUT2D eigenvalue weighted by Gasteiger charge is -2.18. The van der Waals surface area contributed by atoms with Crippen molar-refractivity contribution >= 4 is 147 Å². The van der Waals surface area contributed by atoms with E-state index in [2.05, 4.69) is 75.2 Å². The molecule has 0 aliphatic rings. The van der Waals surface area contributed by atoms with E-state index in [0.29, 0.717) is 97.1 Å². The van der Waals surface area contributed by atoms with Crippen molar-refractivity contribution in [3.8, 4) is 0 Å². The number of ketones is 8.